The van der Waals surface area contributed by atoms with Crippen LogP contribution in [0.1, 0.15) is 34.5 Å². The van der Waals surface area contributed by atoms with Crippen LogP contribution in [0.3, 0.4) is 0 Å². The molecular weight excluding hydrogens is 247 g/mol. The van der Waals surface area contributed by atoms with E-state index < -0.39 is 11.9 Å². The molecule has 0 spiro atoms. The molecule has 0 saturated carbocycles. The third-order valence-electron chi connectivity index (χ3n) is 1.28. The van der Waals surface area contributed by atoms with E-state index in [-0.39, 0.29) is 35.8 Å². The van der Waals surface area contributed by atoms with Crippen LogP contribution >= 0.6 is 15.9 Å². The number of rotatable bonds is 4. The number of ether oxygens (including phenoxy) is 1. The average molecular weight is 261 g/mol. The van der Waals surface area contributed by atoms with Gasteiger partial charge in [0.15, 0.2) is 0 Å². The van der Waals surface area contributed by atoms with Gasteiger partial charge in [-0.25, -0.2) is 0 Å². The van der Waals surface area contributed by atoms with E-state index in [4.69, 9.17) is 0 Å². The van der Waals surface area contributed by atoms with E-state index >= 15 is 0 Å². The topological polar surface area (TPSA) is 43.4 Å². The largest absolute Gasteiger partial charge is 1.00 e. The van der Waals surface area contributed by atoms with Crippen molar-refractivity contribution in [3.8, 4) is 0 Å². The van der Waals surface area contributed by atoms with Gasteiger partial charge in [0.2, 0.25) is 0 Å². The Bertz CT molecular complexity index is 178. The van der Waals surface area contributed by atoms with Gasteiger partial charge in [-0.3, -0.25) is 9.59 Å². The molecule has 1 unspecified atom stereocenters. The van der Waals surface area contributed by atoms with Gasteiger partial charge in [0, 0.05) is 6.42 Å². The Morgan fingerprint density at radius 3 is 2.38 bits per heavy atom. The van der Waals surface area contributed by atoms with Crippen LogP contribution in [0, 0.1) is 0 Å². The molecule has 0 N–H and O–H groups in total. The maximum absolute atomic E-state index is 11.0. The van der Waals surface area contributed by atoms with Crippen LogP contribution in [0.5, 0.6) is 0 Å². The Hall–Kier alpha value is 0.620. The molecule has 0 heterocycles. The van der Waals surface area contributed by atoms with Crippen LogP contribution in [0.15, 0.2) is 0 Å². The van der Waals surface area contributed by atoms with Gasteiger partial charge in [-0.15, -0.1) is 0 Å². The van der Waals surface area contributed by atoms with Gasteiger partial charge in [-0.1, -0.05) is 29.8 Å². The van der Waals surface area contributed by atoms with Crippen molar-refractivity contribution in [3.05, 3.63) is 0 Å². The van der Waals surface area contributed by atoms with Crippen LogP contribution in [-0.2, 0) is 14.3 Å². The Morgan fingerprint density at radius 2 is 2.00 bits per heavy atom. The Morgan fingerprint density at radius 1 is 1.46 bits per heavy atom. The average Bonchev–Trinajstić information content (AvgIpc) is 2.03. The minimum atomic E-state index is -0.490. The minimum absolute atomic E-state index is 0. The molecule has 0 aliphatic carbocycles. The molecule has 0 aliphatic rings. The van der Waals surface area contributed by atoms with Crippen molar-refractivity contribution in [3.63, 3.8) is 0 Å². The molecule has 0 aliphatic heterocycles. The predicted molar refractivity (Wildman–Crippen MR) is 50.1 cm³/mol. The maximum atomic E-state index is 11.0. The second kappa shape index (κ2) is 9.19. The van der Waals surface area contributed by atoms with Gasteiger partial charge in [-0.05, 0) is 12.8 Å². The quantitative estimate of drug-likeness (QED) is 0.286. The van der Waals surface area contributed by atoms with Crippen molar-refractivity contribution >= 4 is 27.9 Å². The summed E-state index contributed by atoms with van der Waals surface area (Å²) in [4.78, 5) is 21.4. The fourth-order valence-corrected chi connectivity index (χ4v) is 0.691. The molecule has 1 atom stereocenters. The van der Waals surface area contributed by atoms with Gasteiger partial charge in [0.1, 0.15) is 4.83 Å². The van der Waals surface area contributed by atoms with E-state index in [0.29, 0.717) is 19.3 Å². The molecule has 3 nitrogen and oxygen atoms in total. The number of halogens is 1. The summed E-state index contributed by atoms with van der Waals surface area (Å²) in [5.41, 5.74) is 0. The zero-order valence-corrected chi connectivity index (χ0v) is 11.9. The second-order valence-corrected chi connectivity index (χ2v) is 3.52. The zero-order chi connectivity index (χ0) is 9.56. The molecule has 0 amide bonds. The van der Waals surface area contributed by atoms with E-state index in [0.717, 1.165) is 0 Å². The van der Waals surface area contributed by atoms with Crippen molar-refractivity contribution < 1.29 is 45.3 Å². The molecule has 13 heavy (non-hydrogen) atoms. The summed E-state index contributed by atoms with van der Waals surface area (Å²) in [6.07, 6.45) is 1.62. The van der Waals surface area contributed by atoms with Crippen molar-refractivity contribution in [1.29, 1.82) is 0 Å². The molecule has 0 aromatic rings. The van der Waals surface area contributed by atoms with Crippen LogP contribution < -0.4 is 29.6 Å². The van der Waals surface area contributed by atoms with Crippen molar-refractivity contribution in [2.45, 2.75) is 37.9 Å². The normalized spacial score (nSPS) is 11.3. The van der Waals surface area contributed by atoms with Crippen LogP contribution in [0.2, 0.25) is 0 Å². The molecule has 5 heteroatoms. The zero-order valence-electron chi connectivity index (χ0n) is 9.30. The summed E-state index contributed by atoms with van der Waals surface area (Å²) in [6, 6.07) is 0. The number of esters is 2. The van der Waals surface area contributed by atoms with Crippen molar-refractivity contribution in [2.24, 2.45) is 0 Å². The van der Waals surface area contributed by atoms with E-state index in [1.165, 1.54) is 0 Å². The third kappa shape index (κ3) is 7.67. The molecule has 0 aromatic heterocycles. The predicted octanol–water partition coefficient (Wildman–Crippen LogP) is -0.854. The number of alkyl halides is 1. The van der Waals surface area contributed by atoms with Gasteiger partial charge < -0.3 is 6.16 Å². The molecular formula is C8H14BrNaO3. The van der Waals surface area contributed by atoms with Crippen molar-refractivity contribution in [1.82, 2.24) is 0 Å². The molecule has 0 saturated heterocycles. The molecule has 0 fully saturated rings. The van der Waals surface area contributed by atoms with E-state index in [9.17, 15) is 9.59 Å². The summed E-state index contributed by atoms with van der Waals surface area (Å²) in [6.45, 7) is 3.70. The number of carbonyl (C=O) groups excluding carboxylic acids is 2. The minimum Gasteiger partial charge on any atom is -1.00 e. The number of carbonyl (C=O) groups is 2. The first-order valence-electron chi connectivity index (χ1n) is 4.00. The number of hydrogen-bond donors (Lipinski definition) is 0. The Kier molecular flexibility index (Phi) is 11.4. The summed E-state index contributed by atoms with van der Waals surface area (Å²) in [5, 5.41) is 0. The van der Waals surface area contributed by atoms with Gasteiger partial charge in [-0.2, -0.15) is 0 Å². The van der Waals surface area contributed by atoms with Crippen LogP contribution in [0.4, 0.5) is 0 Å². The first kappa shape index (κ1) is 16.1. The van der Waals surface area contributed by atoms with E-state index in [1.54, 1.807) is 0 Å². The van der Waals surface area contributed by atoms with Crippen LogP contribution in [0.25, 0.3) is 0 Å². The standard InChI is InChI=1S/C8H13BrO3.Na.H/c1-3-5-7(10)12-8(11)6(9)4-2;;/h6H,3-5H2,1-2H3;;/q;+1;-1. The van der Waals surface area contributed by atoms with Gasteiger partial charge >= 0.3 is 41.5 Å². The van der Waals surface area contributed by atoms with Gasteiger partial charge in [0.25, 0.3) is 0 Å². The maximum Gasteiger partial charge on any atom is 1.00 e. The summed E-state index contributed by atoms with van der Waals surface area (Å²) >= 11 is 3.10. The fourth-order valence-electron chi connectivity index (χ4n) is 0.598. The van der Waals surface area contributed by atoms with Gasteiger partial charge in [0.05, 0.1) is 0 Å². The number of hydrogen-bond acceptors (Lipinski definition) is 3. The van der Waals surface area contributed by atoms with E-state index in [1.807, 2.05) is 13.8 Å². The first-order chi connectivity index (χ1) is 5.61. The SMILES string of the molecule is CCCC(=O)OC(=O)C(Br)CC.[H-].[Na+]. The molecule has 0 radical (unpaired) electrons. The Labute approximate surface area is 110 Å². The molecule has 72 valence electrons. The van der Waals surface area contributed by atoms with E-state index in [2.05, 4.69) is 20.7 Å². The fraction of sp³-hybridized carbons (Fsp3) is 0.750. The first-order valence-corrected chi connectivity index (χ1v) is 4.92. The monoisotopic (exact) mass is 260 g/mol. The molecule has 0 aromatic carbocycles. The summed E-state index contributed by atoms with van der Waals surface area (Å²) < 4.78 is 4.52. The Balaban J connectivity index is -0.000000605. The smallest absolute Gasteiger partial charge is 1.00 e. The molecule has 0 rings (SSSR count). The summed E-state index contributed by atoms with van der Waals surface area (Å²) in [5.74, 6) is -0.934. The molecule has 0 bridgehead atoms. The van der Waals surface area contributed by atoms with Crippen LogP contribution in [-0.4, -0.2) is 16.8 Å². The third-order valence-corrected chi connectivity index (χ3v) is 2.30. The second-order valence-electron chi connectivity index (χ2n) is 2.42. The van der Waals surface area contributed by atoms with Crippen molar-refractivity contribution in [2.75, 3.05) is 0 Å². The summed E-state index contributed by atoms with van der Waals surface area (Å²) in [7, 11) is 0.